The lowest BCUT2D eigenvalue weighted by atomic mass is 9.94. The smallest absolute Gasteiger partial charge is 0.136 e. The van der Waals surface area contributed by atoms with E-state index >= 15 is 0 Å². The van der Waals surface area contributed by atoms with E-state index in [0.717, 1.165) is 77.6 Å². The molecule has 0 amide bonds. The third-order valence-corrected chi connectivity index (χ3v) is 17.3. The van der Waals surface area contributed by atoms with Crippen molar-refractivity contribution in [3.8, 4) is 44.5 Å². The molecule has 0 aliphatic heterocycles. The fourth-order valence-corrected chi connectivity index (χ4v) is 12.9. The van der Waals surface area contributed by atoms with Crippen LogP contribution in [0.15, 0.2) is 296 Å². The molecule has 15 aromatic rings. The van der Waals surface area contributed by atoms with Gasteiger partial charge in [-0.2, -0.15) is 0 Å². The third-order valence-electron chi connectivity index (χ3n) is 17.3. The number of hydrogen-bond donors (Lipinski definition) is 0. The Morgan fingerprint density at radius 1 is 0.247 bits per heavy atom. The molecule has 406 valence electrons. The first-order chi connectivity index (χ1) is 41.8. The molecular weight excluding hydrogens is 1030 g/mol. The maximum absolute atomic E-state index is 7.02. The monoisotopic (exact) mass is 1090 g/mol. The molecule has 15 rings (SSSR count). The number of anilines is 6. The van der Waals surface area contributed by atoms with Crippen LogP contribution in [-0.4, -0.2) is 0 Å². The van der Waals surface area contributed by atoms with Crippen molar-refractivity contribution in [3.05, 3.63) is 302 Å². The first kappa shape index (κ1) is 51.4. The molecule has 14 aromatic carbocycles. The van der Waals surface area contributed by atoms with Crippen LogP contribution >= 0.6 is 0 Å². The molecule has 0 aliphatic rings. The molecule has 3 nitrogen and oxygen atoms in total. The number of benzene rings is 14. The number of furan rings is 1. The predicted octanol–water partition coefficient (Wildman–Crippen LogP) is 24.1. The summed E-state index contributed by atoms with van der Waals surface area (Å²) in [5.41, 5.74) is 20.3. The van der Waals surface area contributed by atoms with Crippen molar-refractivity contribution in [2.75, 3.05) is 9.80 Å². The molecule has 85 heavy (non-hydrogen) atoms. The zero-order valence-electron chi connectivity index (χ0n) is 48.2. The Balaban J connectivity index is 0.877. The van der Waals surface area contributed by atoms with E-state index in [-0.39, 0.29) is 0 Å². The van der Waals surface area contributed by atoms with Crippen LogP contribution in [0.1, 0.15) is 50.7 Å². The van der Waals surface area contributed by atoms with E-state index in [0.29, 0.717) is 11.8 Å². The van der Waals surface area contributed by atoms with Gasteiger partial charge in [0, 0.05) is 44.6 Å². The van der Waals surface area contributed by atoms with Gasteiger partial charge in [-0.3, -0.25) is 0 Å². The topological polar surface area (TPSA) is 19.6 Å². The van der Waals surface area contributed by atoms with Gasteiger partial charge in [0.15, 0.2) is 0 Å². The lowest BCUT2D eigenvalue weighted by Gasteiger charge is -2.29. The molecule has 0 unspecified atom stereocenters. The van der Waals surface area contributed by atoms with Gasteiger partial charge in [0.2, 0.25) is 0 Å². The van der Waals surface area contributed by atoms with Crippen LogP contribution in [0.5, 0.6) is 0 Å². The molecule has 0 fully saturated rings. The van der Waals surface area contributed by atoms with Gasteiger partial charge in [0.1, 0.15) is 11.2 Å². The largest absolute Gasteiger partial charge is 0.456 e. The van der Waals surface area contributed by atoms with E-state index in [1.807, 2.05) is 0 Å². The standard InChI is InChI=1S/C82H62N2O/c1-53(2)59-37-41-75(57-19-7-5-8-20-57)79(49-59)83(67-29-15-27-63(43-67)73-33-17-25-55-23-11-13-31-71(55)73)69-39-35-61-47-77-78-48-62-36-40-70(46-66(62)52-82(78)85-81(77)51-65(61)45-69)84(80-50-60(54(3)4)38-42-76(80)58-21-9-6-10-22-58)68-30-16-28-64(44-68)74-34-18-26-56-24-12-14-32-72(56)74/h5-54H,1-4H3. The fraction of sp³-hybridized carbons (Fsp3) is 0.0732. The summed E-state index contributed by atoms with van der Waals surface area (Å²) in [6, 6.07) is 107. The average molecular weight is 1090 g/mol. The van der Waals surface area contributed by atoms with E-state index in [4.69, 9.17) is 4.42 Å². The summed E-state index contributed by atoms with van der Waals surface area (Å²) in [6.45, 7) is 9.11. The van der Waals surface area contributed by atoms with Gasteiger partial charge in [0.25, 0.3) is 0 Å². The van der Waals surface area contributed by atoms with Gasteiger partial charge in [-0.1, -0.05) is 234 Å². The molecule has 0 radical (unpaired) electrons. The Labute approximate surface area is 496 Å². The minimum Gasteiger partial charge on any atom is -0.456 e. The minimum absolute atomic E-state index is 0.334. The molecular formula is C82H62N2O. The number of nitrogens with zero attached hydrogens (tertiary/aromatic N) is 2. The van der Waals surface area contributed by atoms with Crippen LogP contribution in [-0.2, 0) is 0 Å². The van der Waals surface area contributed by atoms with E-state index in [1.165, 1.54) is 77.2 Å². The highest BCUT2D eigenvalue weighted by Gasteiger charge is 2.24. The quantitative estimate of drug-likeness (QED) is 0.122. The van der Waals surface area contributed by atoms with Crippen LogP contribution < -0.4 is 9.80 Å². The molecule has 3 heteroatoms. The van der Waals surface area contributed by atoms with Crippen molar-refractivity contribution in [2.45, 2.75) is 39.5 Å². The lowest BCUT2D eigenvalue weighted by molar-refractivity contribution is 0.670. The lowest BCUT2D eigenvalue weighted by Crippen LogP contribution is -2.12. The van der Waals surface area contributed by atoms with Crippen molar-refractivity contribution in [1.29, 1.82) is 0 Å². The minimum atomic E-state index is 0.334. The normalized spacial score (nSPS) is 11.7. The Hall–Kier alpha value is -10.5. The van der Waals surface area contributed by atoms with Crippen molar-refractivity contribution in [3.63, 3.8) is 0 Å². The van der Waals surface area contributed by atoms with Gasteiger partial charge in [-0.15, -0.1) is 0 Å². The Bertz CT molecular complexity index is 4710. The van der Waals surface area contributed by atoms with Crippen molar-refractivity contribution >= 4 is 99.2 Å². The Morgan fingerprint density at radius 3 is 1.08 bits per heavy atom. The molecule has 1 aromatic heterocycles. The zero-order valence-corrected chi connectivity index (χ0v) is 48.2. The molecule has 0 atom stereocenters. The maximum atomic E-state index is 7.02. The van der Waals surface area contributed by atoms with Crippen LogP contribution in [0.3, 0.4) is 0 Å². The second kappa shape index (κ2) is 21.4. The highest BCUT2D eigenvalue weighted by atomic mass is 16.3. The Morgan fingerprint density at radius 2 is 0.635 bits per heavy atom. The first-order valence-corrected chi connectivity index (χ1v) is 29.8. The molecule has 0 aliphatic carbocycles. The summed E-state index contributed by atoms with van der Waals surface area (Å²) in [6.07, 6.45) is 0. The van der Waals surface area contributed by atoms with Crippen LogP contribution in [0.2, 0.25) is 0 Å². The van der Waals surface area contributed by atoms with Crippen LogP contribution in [0.25, 0.3) is 110 Å². The zero-order chi connectivity index (χ0) is 57.1. The number of rotatable bonds is 12. The van der Waals surface area contributed by atoms with Gasteiger partial charge < -0.3 is 14.2 Å². The molecule has 0 spiro atoms. The van der Waals surface area contributed by atoms with Gasteiger partial charge in [-0.25, -0.2) is 0 Å². The maximum Gasteiger partial charge on any atom is 0.136 e. The average Bonchev–Trinajstić information content (AvgIpc) is 4.15. The highest BCUT2D eigenvalue weighted by molar-refractivity contribution is 6.14. The van der Waals surface area contributed by atoms with Crippen LogP contribution in [0, 0.1) is 0 Å². The van der Waals surface area contributed by atoms with E-state index in [1.54, 1.807) is 0 Å². The molecule has 1 heterocycles. The van der Waals surface area contributed by atoms with Crippen molar-refractivity contribution in [1.82, 2.24) is 0 Å². The van der Waals surface area contributed by atoms with Gasteiger partial charge >= 0.3 is 0 Å². The molecule has 0 N–H and O–H groups in total. The Kier molecular flexibility index (Phi) is 12.9. The second-order valence-corrected chi connectivity index (χ2v) is 23.3. The predicted molar refractivity (Wildman–Crippen MR) is 363 cm³/mol. The summed E-state index contributed by atoms with van der Waals surface area (Å²) in [5.74, 6) is 0.667. The summed E-state index contributed by atoms with van der Waals surface area (Å²) in [4.78, 5) is 4.92. The second-order valence-electron chi connectivity index (χ2n) is 23.3. The summed E-state index contributed by atoms with van der Waals surface area (Å²) in [7, 11) is 0. The van der Waals surface area contributed by atoms with Gasteiger partial charge in [0.05, 0.1) is 11.4 Å². The summed E-state index contributed by atoms with van der Waals surface area (Å²) < 4.78 is 7.02. The SMILES string of the molecule is CC(C)c1ccc(-c2ccccc2)c(N(c2cccc(-c3cccc4ccccc34)c2)c2ccc3cc4c(cc3c2)oc2cc3cc(N(c5cccc(-c6cccc7ccccc67)c5)c5cc(C(C)C)ccc5-c5ccccc5)ccc3cc24)c1. The summed E-state index contributed by atoms with van der Waals surface area (Å²) in [5, 5.41) is 11.6. The van der Waals surface area contributed by atoms with E-state index < -0.39 is 0 Å². The van der Waals surface area contributed by atoms with E-state index in [2.05, 4.69) is 329 Å². The first-order valence-electron chi connectivity index (χ1n) is 29.8. The number of hydrogen-bond acceptors (Lipinski definition) is 3. The molecule has 0 saturated heterocycles. The van der Waals surface area contributed by atoms with Crippen LogP contribution in [0.4, 0.5) is 34.1 Å². The van der Waals surface area contributed by atoms with E-state index in [9.17, 15) is 0 Å². The van der Waals surface area contributed by atoms with Crippen molar-refractivity contribution < 1.29 is 4.42 Å². The molecule has 0 bridgehead atoms. The summed E-state index contributed by atoms with van der Waals surface area (Å²) >= 11 is 0. The van der Waals surface area contributed by atoms with Crippen molar-refractivity contribution in [2.24, 2.45) is 0 Å². The fourth-order valence-electron chi connectivity index (χ4n) is 12.9. The number of fused-ring (bicyclic) bond motifs is 7. The third kappa shape index (κ3) is 9.45. The molecule has 0 saturated carbocycles. The highest BCUT2D eigenvalue weighted by Crippen LogP contribution is 2.48. The van der Waals surface area contributed by atoms with Gasteiger partial charge in [-0.05, 0) is 184 Å².